The molecule has 0 heterocycles. The van der Waals surface area contributed by atoms with Gasteiger partial charge in [0.1, 0.15) is 5.75 Å². The minimum absolute atomic E-state index is 0.0669. The molecule has 7 nitrogen and oxygen atoms in total. The first-order chi connectivity index (χ1) is 10.2. The van der Waals surface area contributed by atoms with Crippen molar-refractivity contribution in [2.75, 3.05) is 26.4 Å². The van der Waals surface area contributed by atoms with E-state index in [-0.39, 0.29) is 18.3 Å². The topological polar surface area (TPSA) is 106 Å². The molecule has 0 radical (unpaired) electrons. The maximum atomic E-state index is 11.6. The first-order valence-electron chi connectivity index (χ1n) is 6.73. The predicted molar refractivity (Wildman–Crippen MR) is 78.6 cm³/mol. The van der Waals surface area contributed by atoms with Crippen LogP contribution in [-0.2, 0) is 9.53 Å². The van der Waals surface area contributed by atoms with Gasteiger partial charge in [-0.05, 0) is 25.5 Å². The fourth-order valence-electron chi connectivity index (χ4n) is 1.60. The van der Waals surface area contributed by atoms with Crippen molar-refractivity contribution in [2.45, 2.75) is 13.3 Å². The maximum absolute atomic E-state index is 11.6. The molecule has 0 fully saturated rings. The summed E-state index contributed by atoms with van der Waals surface area (Å²) >= 11 is 0. The zero-order valence-electron chi connectivity index (χ0n) is 12.0. The Kier molecular flexibility index (Phi) is 7.67. The Balaban J connectivity index is 2.40. The van der Waals surface area contributed by atoms with Gasteiger partial charge < -0.3 is 25.7 Å². The number of amidine groups is 1. The molecule has 21 heavy (non-hydrogen) atoms. The number of ether oxygens (including phenoxy) is 2. The fourth-order valence-corrected chi connectivity index (χ4v) is 1.60. The summed E-state index contributed by atoms with van der Waals surface area (Å²) in [6, 6.07) is 6.76. The molecule has 0 atom stereocenters. The third kappa shape index (κ3) is 6.13. The summed E-state index contributed by atoms with van der Waals surface area (Å²) in [6.07, 6.45) is 0.750. The zero-order valence-corrected chi connectivity index (χ0v) is 12.0. The SMILES string of the molecule is CCOCCCNC(=O)COc1ccccc1/C(N)=N/O. The lowest BCUT2D eigenvalue weighted by Gasteiger charge is -2.10. The molecular formula is C14H21N3O4. The summed E-state index contributed by atoms with van der Waals surface area (Å²) in [5.41, 5.74) is 5.97. The van der Waals surface area contributed by atoms with Crippen molar-refractivity contribution in [2.24, 2.45) is 10.9 Å². The third-order valence-electron chi connectivity index (χ3n) is 2.62. The first-order valence-corrected chi connectivity index (χ1v) is 6.73. The van der Waals surface area contributed by atoms with Crippen LogP contribution in [0.2, 0.25) is 0 Å². The van der Waals surface area contributed by atoms with Gasteiger partial charge in [0.05, 0.1) is 5.56 Å². The number of carbonyl (C=O) groups is 1. The first kappa shape index (κ1) is 16.8. The molecule has 116 valence electrons. The van der Waals surface area contributed by atoms with Crippen LogP contribution in [0.15, 0.2) is 29.4 Å². The molecule has 0 aliphatic rings. The van der Waals surface area contributed by atoms with Gasteiger partial charge in [0.25, 0.3) is 5.91 Å². The lowest BCUT2D eigenvalue weighted by atomic mass is 10.2. The normalized spacial score (nSPS) is 11.2. The fraction of sp³-hybridized carbons (Fsp3) is 0.429. The second-order valence-electron chi connectivity index (χ2n) is 4.17. The molecule has 0 saturated heterocycles. The highest BCUT2D eigenvalue weighted by molar-refractivity contribution is 5.99. The Morgan fingerprint density at radius 3 is 2.90 bits per heavy atom. The second kappa shape index (κ2) is 9.60. The summed E-state index contributed by atoms with van der Waals surface area (Å²) < 4.78 is 10.6. The minimum Gasteiger partial charge on any atom is -0.483 e. The third-order valence-corrected chi connectivity index (χ3v) is 2.62. The van der Waals surface area contributed by atoms with Crippen LogP contribution in [0, 0.1) is 0 Å². The number of rotatable bonds is 9. The summed E-state index contributed by atoms with van der Waals surface area (Å²) in [7, 11) is 0. The van der Waals surface area contributed by atoms with Gasteiger partial charge in [0, 0.05) is 19.8 Å². The van der Waals surface area contributed by atoms with Crippen LogP contribution in [-0.4, -0.2) is 43.3 Å². The molecule has 1 aromatic rings. The van der Waals surface area contributed by atoms with E-state index in [1.54, 1.807) is 24.3 Å². The number of hydrogen-bond donors (Lipinski definition) is 3. The predicted octanol–water partition coefficient (Wildman–Crippen LogP) is 0.703. The summed E-state index contributed by atoms with van der Waals surface area (Å²) in [4.78, 5) is 11.6. The van der Waals surface area contributed by atoms with Crippen LogP contribution in [0.4, 0.5) is 0 Å². The zero-order chi connectivity index (χ0) is 15.5. The van der Waals surface area contributed by atoms with Crippen LogP contribution < -0.4 is 15.8 Å². The Labute approximate surface area is 123 Å². The molecule has 1 aromatic carbocycles. The molecule has 0 saturated carbocycles. The van der Waals surface area contributed by atoms with Gasteiger partial charge in [-0.2, -0.15) is 0 Å². The summed E-state index contributed by atoms with van der Waals surface area (Å²) in [6.45, 7) is 3.60. The number of hydrogen-bond acceptors (Lipinski definition) is 5. The lowest BCUT2D eigenvalue weighted by Crippen LogP contribution is -2.30. The van der Waals surface area contributed by atoms with Crippen LogP contribution in [0.1, 0.15) is 18.9 Å². The van der Waals surface area contributed by atoms with Crippen molar-refractivity contribution in [3.8, 4) is 5.75 Å². The molecule has 0 spiro atoms. The Morgan fingerprint density at radius 1 is 1.43 bits per heavy atom. The van der Waals surface area contributed by atoms with Gasteiger partial charge in [-0.25, -0.2) is 0 Å². The highest BCUT2D eigenvalue weighted by atomic mass is 16.5. The van der Waals surface area contributed by atoms with Crippen molar-refractivity contribution in [3.05, 3.63) is 29.8 Å². The molecule has 7 heteroatoms. The van der Waals surface area contributed by atoms with E-state index in [0.29, 0.717) is 31.1 Å². The van der Waals surface area contributed by atoms with Crippen LogP contribution >= 0.6 is 0 Å². The van der Waals surface area contributed by atoms with Gasteiger partial charge in [-0.15, -0.1) is 0 Å². The van der Waals surface area contributed by atoms with Gasteiger partial charge in [-0.3, -0.25) is 4.79 Å². The van der Waals surface area contributed by atoms with Crippen LogP contribution in [0.25, 0.3) is 0 Å². The second-order valence-corrected chi connectivity index (χ2v) is 4.17. The van der Waals surface area contributed by atoms with E-state index in [9.17, 15) is 4.79 Å². The number of benzene rings is 1. The van der Waals surface area contributed by atoms with Crippen molar-refractivity contribution in [1.29, 1.82) is 0 Å². The van der Waals surface area contributed by atoms with Crippen molar-refractivity contribution < 1.29 is 19.5 Å². The van der Waals surface area contributed by atoms with Crippen LogP contribution in [0.3, 0.4) is 0 Å². The molecule has 0 bridgehead atoms. The Bertz CT molecular complexity index is 477. The highest BCUT2D eigenvalue weighted by Gasteiger charge is 2.09. The van der Waals surface area contributed by atoms with Gasteiger partial charge >= 0.3 is 0 Å². The highest BCUT2D eigenvalue weighted by Crippen LogP contribution is 2.17. The Hall–Kier alpha value is -2.28. The molecular weight excluding hydrogens is 274 g/mol. The van der Waals surface area contributed by atoms with E-state index in [4.69, 9.17) is 20.4 Å². The number of oxime groups is 1. The molecule has 0 aromatic heterocycles. The smallest absolute Gasteiger partial charge is 0.257 e. The number of nitrogens with zero attached hydrogens (tertiary/aromatic N) is 1. The number of carbonyl (C=O) groups excluding carboxylic acids is 1. The Morgan fingerprint density at radius 2 is 2.19 bits per heavy atom. The van der Waals surface area contributed by atoms with E-state index >= 15 is 0 Å². The van der Waals surface area contributed by atoms with Gasteiger partial charge in [0.15, 0.2) is 12.4 Å². The van der Waals surface area contributed by atoms with Crippen molar-refractivity contribution in [1.82, 2.24) is 5.32 Å². The van der Waals surface area contributed by atoms with E-state index in [2.05, 4.69) is 10.5 Å². The molecule has 0 aliphatic heterocycles. The monoisotopic (exact) mass is 295 g/mol. The summed E-state index contributed by atoms with van der Waals surface area (Å²) in [5.74, 6) is 0.0841. The van der Waals surface area contributed by atoms with E-state index in [1.807, 2.05) is 6.92 Å². The minimum atomic E-state index is -0.235. The average molecular weight is 295 g/mol. The number of nitrogens with two attached hydrogens (primary N) is 1. The van der Waals surface area contributed by atoms with Gasteiger partial charge in [-0.1, -0.05) is 17.3 Å². The van der Waals surface area contributed by atoms with Crippen molar-refractivity contribution in [3.63, 3.8) is 0 Å². The van der Waals surface area contributed by atoms with Crippen molar-refractivity contribution >= 4 is 11.7 Å². The largest absolute Gasteiger partial charge is 0.483 e. The standard InChI is InChI=1S/C14H21N3O4/c1-2-20-9-5-8-16-13(18)10-21-12-7-4-3-6-11(12)14(15)17-19/h3-4,6-7,19H,2,5,8-10H2,1H3,(H2,15,17)(H,16,18). The number of amides is 1. The lowest BCUT2D eigenvalue weighted by molar-refractivity contribution is -0.123. The molecule has 1 amide bonds. The molecule has 0 unspecified atom stereocenters. The summed E-state index contributed by atoms with van der Waals surface area (Å²) in [5, 5.41) is 14.3. The number of nitrogens with one attached hydrogen (secondary N) is 1. The maximum Gasteiger partial charge on any atom is 0.257 e. The van der Waals surface area contributed by atoms with E-state index in [0.717, 1.165) is 6.42 Å². The molecule has 0 aliphatic carbocycles. The van der Waals surface area contributed by atoms with Crippen LogP contribution in [0.5, 0.6) is 5.75 Å². The quantitative estimate of drug-likeness (QED) is 0.204. The molecule has 1 rings (SSSR count). The number of para-hydroxylation sites is 1. The van der Waals surface area contributed by atoms with E-state index < -0.39 is 0 Å². The van der Waals surface area contributed by atoms with E-state index in [1.165, 1.54) is 0 Å². The average Bonchev–Trinajstić information content (AvgIpc) is 2.52. The van der Waals surface area contributed by atoms with Gasteiger partial charge in [0.2, 0.25) is 0 Å². The molecule has 4 N–H and O–H groups in total.